The molecule has 0 bridgehead atoms. The largest absolute Gasteiger partial charge is 0.389 e. The number of aliphatic hydroxyl groups is 1. The maximum absolute atomic E-state index is 13.8. The standard InChI is InChI=1S/C18H20FNO3S/c19-16-8-4-5-9-17(16)24(22,23)20-12-10-18(21,11-13-20)14-15-6-2-1-3-7-15/h1-9,21H,10-14H2. The second-order valence-electron chi connectivity index (χ2n) is 6.22. The number of halogens is 1. The highest BCUT2D eigenvalue weighted by atomic mass is 32.2. The second-order valence-corrected chi connectivity index (χ2v) is 8.13. The molecular formula is C18H20FNO3S. The topological polar surface area (TPSA) is 57.6 Å². The summed E-state index contributed by atoms with van der Waals surface area (Å²) >= 11 is 0. The van der Waals surface area contributed by atoms with E-state index in [9.17, 15) is 17.9 Å². The molecule has 1 aliphatic rings. The van der Waals surface area contributed by atoms with E-state index in [1.165, 1.54) is 22.5 Å². The van der Waals surface area contributed by atoms with Gasteiger partial charge in [0.1, 0.15) is 10.7 Å². The Balaban J connectivity index is 1.72. The molecule has 0 radical (unpaired) electrons. The minimum absolute atomic E-state index is 0.181. The molecule has 2 aromatic carbocycles. The Hall–Kier alpha value is -1.76. The molecule has 0 unspecified atom stereocenters. The minimum atomic E-state index is -3.87. The Morgan fingerprint density at radius 1 is 1.00 bits per heavy atom. The third-order valence-electron chi connectivity index (χ3n) is 4.48. The number of nitrogens with zero attached hydrogens (tertiary/aromatic N) is 1. The van der Waals surface area contributed by atoms with Gasteiger partial charge in [-0.1, -0.05) is 42.5 Å². The first-order valence-corrected chi connectivity index (χ1v) is 9.36. The summed E-state index contributed by atoms with van der Waals surface area (Å²) in [5, 5.41) is 10.7. The summed E-state index contributed by atoms with van der Waals surface area (Å²) in [5.41, 5.74) is 0.0909. The Kier molecular flexibility index (Phi) is 4.71. The number of hydrogen-bond acceptors (Lipinski definition) is 3. The fourth-order valence-electron chi connectivity index (χ4n) is 3.09. The van der Waals surface area contributed by atoms with Crippen LogP contribution in [-0.4, -0.2) is 36.5 Å². The Morgan fingerprint density at radius 3 is 2.21 bits per heavy atom. The van der Waals surface area contributed by atoms with E-state index in [0.717, 1.165) is 11.6 Å². The third kappa shape index (κ3) is 3.50. The van der Waals surface area contributed by atoms with Crippen molar-refractivity contribution in [3.63, 3.8) is 0 Å². The zero-order valence-electron chi connectivity index (χ0n) is 13.2. The van der Waals surface area contributed by atoms with E-state index in [0.29, 0.717) is 19.3 Å². The zero-order valence-corrected chi connectivity index (χ0v) is 14.0. The molecule has 2 aromatic rings. The van der Waals surface area contributed by atoms with Gasteiger partial charge in [0, 0.05) is 19.5 Å². The summed E-state index contributed by atoms with van der Waals surface area (Å²) in [5.74, 6) is -0.748. The normalized spacial score (nSPS) is 18.4. The van der Waals surface area contributed by atoms with Crippen LogP contribution in [0.4, 0.5) is 4.39 Å². The van der Waals surface area contributed by atoms with E-state index in [2.05, 4.69) is 0 Å². The van der Waals surface area contributed by atoms with Crippen LogP contribution < -0.4 is 0 Å². The van der Waals surface area contributed by atoms with Gasteiger partial charge < -0.3 is 5.11 Å². The van der Waals surface area contributed by atoms with Crippen molar-refractivity contribution >= 4 is 10.0 Å². The van der Waals surface area contributed by atoms with Crippen molar-refractivity contribution in [3.8, 4) is 0 Å². The van der Waals surface area contributed by atoms with Crippen molar-refractivity contribution in [3.05, 3.63) is 66.0 Å². The van der Waals surface area contributed by atoms with Crippen molar-refractivity contribution in [2.75, 3.05) is 13.1 Å². The molecule has 128 valence electrons. The quantitative estimate of drug-likeness (QED) is 0.923. The van der Waals surface area contributed by atoms with Crippen LogP contribution in [-0.2, 0) is 16.4 Å². The van der Waals surface area contributed by atoms with Crippen LogP contribution in [0, 0.1) is 5.82 Å². The van der Waals surface area contributed by atoms with Crippen LogP contribution in [0.15, 0.2) is 59.5 Å². The van der Waals surface area contributed by atoms with Gasteiger partial charge in [0.15, 0.2) is 0 Å². The van der Waals surface area contributed by atoms with Gasteiger partial charge in [-0.25, -0.2) is 12.8 Å². The molecular weight excluding hydrogens is 329 g/mol. The number of piperidine rings is 1. The van der Waals surface area contributed by atoms with Crippen LogP contribution in [0.2, 0.25) is 0 Å². The number of benzene rings is 2. The summed E-state index contributed by atoms with van der Waals surface area (Å²) in [7, 11) is -3.87. The predicted molar refractivity (Wildman–Crippen MR) is 89.5 cm³/mol. The molecule has 24 heavy (non-hydrogen) atoms. The fourth-order valence-corrected chi connectivity index (χ4v) is 4.59. The van der Waals surface area contributed by atoms with Crippen molar-refractivity contribution in [2.24, 2.45) is 0 Å². The first kappa shape index (κ1) is 17.1. The molecule has 6 heteroatoms. The third-order valence-corrected chi connectivity index (χ3v) is 6.42. The Morgan fingerprint density at radius 2 is 1.58 bits per heavy atom. The fraction of sp³-hybridized carbons (Fsp3) is 0.333. The Labute approximate surface area is 141 Å². The predicted octanol–water partition coefficient (Wildman–Crippen LogP) is 2.58. The van der Waals surface area contributed by atoms with Crippen LogP contribution in [0.25, 0.3) is 0 Å². The molecule has 1 aliphatic heterocycles. The van der Waals surface area contributed by atoms with Crippen molar-refractivity contribution < 1.29 is 17.9 Å². The number of rotatable bonds is 4. The van der Waals surface area contributed by atoms with Gasteiger partial charge in [0.25, 0.3) is 0 Å². The van der Waals surface area contributed by atoms with Gasteiger partial charge >= 0.3 is 0 Å². The van der Waals surface area contributed by atoms with Gasteiger partial charge in [0.05, 0.1) is 5.60 Å². The molecule has 3 rings (SSSR count). The second kappa shape index (κ2) is 6.63. The lowest BCUT2D eigenvalue weighted by molar-refractivity contribution is -0.00443. The van der Waals surface area contributed by atoms with E-state index >= 15 is 0 Å². The first-order valence-electron chi connectivity index (χ1n) is 7.92. The highest BCUT2D eigenvalue weighted by Crippen LogP contribution is 2.30. The molecule has 0 amide bonds. The number of hydrogen-bond donors (Lipinski definition) is 1. The summed E-state index contributed by atoms with van der Waals surface area (Å²) in [6, 6.07) is 15.0. The lowest BCUT2D eigenvalue weighted by Gasteiger charge is -2.37. The molecule has 1 fully saturated rings. The van der Waals surface area contributed by atoms with E-state index < -0.39 is 21.4 Å². The van der Waals surface area contributed by atoms with Gasteiger partial charge in [-0.2, -0.15) is 4.31 Å². The summed E-state index contributed by atoms with van der Waals surface area (Å²) in [6.07, 6.45) is 1.15. The highest BCUT2D eigenvalue weighted by molar-refractivity contribution is 7.89. The minimum Gasteiger partial charge on any atom is -0.389 e. The van der Waals surface area contributed by atoms with Crippen LogP contribution in [0.1, 0.15) is 18.4 Å². The maximum Gasteiger partial charge on any atom is 0.245 e. The molecule has 1 saturated heterocycles. The van der Waals surface area contributed by atoms with E-state index in [4.69, 9.17) is 0 Å². The molecule has 0 saturated carbocycles. The first-order chi connectivity index (χ1) is 11.4. The van der Waals surface area contributed by atoms with E-state index in [1.807, 2.05) is 30.3 Å². The van der Waals surface area contributed by atoms with Gasteiger partial charge in [0.2, 0.25) is 10.0 Å². The average molecular weight is 349 g/mol. The monoisotopic (exact) mass is 349 g/mol. The maximum atomic E-state index is 13.8. The Bertz CT molecular complexity index is 800. The van der Waals surface area contributed by atoms with Crippen LogP contribution >= 0.6 is 0 Å². The smallest absolute Gasteiger partial charge is 0.245 e. The number of sulfonamides is 1. The van der Waals surface area contributed by atoms with Gasteiger partial charge in [-0.05, 0) is 30.5 Å². The molecule has 0 spiro atoms. The summed E-state index contributed by atoms with van der Waals surface area (Å²) < 4.78 is 40.2. The zero-order chi connectivity index (χ0) is 17.2. The van der Waals surface area contributed by atoms with E-state index in [-0.39, 0.29) is 18.0 Å². The SMILES string of the molecule is O=S(=O)(c1ccccc1F)N1CCC(O)(Cc2ccccc2)CC1. The molecule has 1 heterocycles. The molecule has 0 atom stereocenters. The van der Waals surface area contributed by atoms with Crippen molar-refractivity contribution in [1.82, 2.24) is 4.31 Å². The van der Waals surface area contributed by atoms with Gasteiger partial charge in [-0.15, -0.1) is 0 Å². The van der Waals surface area contributed by atoms with Gasteiger partial charge in [-0.3, -0.25) is 0 Å². The molecule has 0 aromatic heterocycles. The van der Waals surface area contributed by atoms with Crippen LogP contribution in [0.5, 0.6) is 0 Å². The van der Waals surface area contributed by atoms with Crippen LogP contribution in [0.3, 0.4) is 0 Å². The van der Waals surface area contributed by atoms with E-state index in [1.54, 1.807) is 0 Å². The summed E-state index contributed by atoms with van der Waals surface area (Å²) in [4.78, 5) is -0.307. The lowest BCUT2D eigenvalue weighted by Crippen LogP contribution is -2.47. The lowest BCUT2D eigenvalue weighted by atomic mass is 9.86. The molecule has 0 aliphatic carbocycles. The molecule has 1 N–H and O–H groups in total. The average Bonchev–Trinajstić information content (AvgIpc) is 2.56. The van der Waals surface area contributed by atoms with Crippen molar-refractivity contribution in [1.29, 1.82) is 0 Å². The highest BCUT2D eigenvalue weighted by Gasteiger charge is 2.37. The summed E-state index contributed by atoms with van der Waals surface area (Å²) in [6.45, 7) is 0.361. The molecule has 4 nitrogen and oxygen atoms in total. The van der Waals surface area contributed by atoms with Crippen molar-refractivity contribution in [2.45, 2.75) is 29.8 Å².